The highest BCUT2D eigenvalue weighted by atomic mass is 19.1. The number of carbonyl (C=O) groups excluding carboxylic acids is 1. The predicted molar refractivity (Wildman–Crippen MR) is 107 cm³/mol. The van der Waals surface area contributed by atoms with Crippen LogP contribution in [-0.4, -0.2) is 30.5 Å². The summed E-state index contributed by atoms with van der Waals surface area (Å²) in [5, 5.41) is 11.8. The molecule has 2 atom stereocenters. The fourth-order valence-electron chi connectivity index (χ4n) is 3.15. The number of unbranched alkanes of at least 4 members (excludes halogenated alkanes) is 1. The van der Waals surface area contributed by atoms with Gasteiger partial charge in [-0.05, 0) is 42.2 Å². The van der Waals surface area contributed by atoms with Crippen molar-refractivity contribution < 1.29 is 23.8 Å². The molecule has 1 heterocycles. The van der Waals surface area contributed by atoms with Gasteiger partial charge in [-0.3, -0.25) is 4.79 Å². The van der Waals surface area contributed by atoms with Crippen molar-refractivity contribution in [3.05, 3.63) is 83.4 Å². The Morgan fingerprint density at radius 3 is 2.62 bits per heavy atom. The number of aliphatic hydroxyl groups excluding tert-OH is 1. The molecule has 2 aromatic rings. The molecule has 0 radical (unpaired) electrons. The normalized spacial score (nSPS) is 18.6. The zero-order valence-electron chi connectivity index (χ0n) is 16.2. The number of hydrogen-bond donors (Lipinski definition) is 2. The minimum absolute atomic E-state index is 0.111. The van der Waals surface area contributed by atoms with E-state index in [-0.39, 0.29) is 30.0 Å². The van der Waals surface area contributed by atoms with Crippen molar-refractivity contribution in [1.82, 2.24) is 5.32 Å². The Labute approximate surface area is 170 Å². The lowest BCUT2D eigenvalue weighted by Gasteiger charge is -2.29. The SMILES string of the molecule is O=C(NCc1ccccc1)C1=C[C@H](c2ccc(F)cc2)C[C@H](OCCCCO)O1. The van der Waals surface area contributed by atoms with Gasteiger partial charge < -0.3 is 19.9 Å². The van der Waals surface area contributed by atoms with Crippen LogP contribution in [0.4, 0.5) is 4.39 Å². The van der Waals surface area contributed by atoms with Crippen molar-refractivity contribution in [3.63, 3.8) is 0 Å². The zero-order chi connectivity index (χ0) is 20.5. The van der Waals surface area contributed by atoms with Gasteiger partial charge in [0.2, 0.25) is 6.29 Å². The van der Waals surface area contributed by atoms with Crippen LogP contribution < -0.4 is 5.32 Å². The summed E-state index contributed by atoms with van der Waals surface area (Å²) in [5.41, 5.74) is 1.89. The van der Waals surface area contributed by atoms with Crippen LogP contribution in [0.3, 0.4) is 0 Å². The number of hydrogen-bond acceptors (Lipinski definition) is 4. The number of halogens is 1. The number of carbonyl (C=O) groups is 1. The fraction of sp³-hybridized carbons (Fsp3) is 0.348. The van der Waals surface area contributed by atoms with Crippen LogP contribution in [0.5, 0.6) is 0 Å². The van der Waals surface area contributed by atoms with E-state index in [2.05, 4.69) is 5.32 Å². The molecule has 5 nitrogen and oxygen atoms in total. The monoisotopic (exact) mass is 399 g/mol. The summed E-state index contributed by atoms with van der Waals surface area (Å²) in [6.45, 7) is 0.935. The topological polar surface area (TPSA) is 67.8 Å². The maximum atomic E-state index is 13.3. The molecule has 0 saturated heterocycles. The molecule has 2 aromatic carbocycles. The van der Waals surface area contributed by atoms with E-state index < -0.39 is 6.29 Å². The summed E-state index contributed by atoms with van der Waals surface area (Å²) < 4.78 is 24.8. The van der Waals surface area contributed by atoms with Crippen molar-refractivity contribution in [1.29, 1.82) is 0 Å². The zero-order valence-corrected chi connectivity index (χ0v) is 16.2. The quantitative estimate of drug-likeness (QED) is 0.632. The Balaban J connectivity index is 1.69. The van der Waals surface area contributed by atoms with Crippen LogP contribution in [0.1, 0.15) is 36.3 Å². The third-order valence-corrected chi connectivity index (χ3v) is 4.73. The van der Waals surface area contributed by atoms with Gasteiger partial charge in [-0.2, -0.15) is 0 Å². The van der Waals surface area contributed by atoms with Crippen LogP contribution in [0, 0.1) is 5.82 Å². The smallest absolute Gasteiger partial charge is 0.286 e. The molecule has 1 amide bonds. The largest absolute Gasteiger partial charge is 0.459 e. The Morgan fingerprint density at radius 1 is 1.14 bits per heavy atom. The Morgan fingerprint density at radius 2 is 1.90 bits per heavy atom. The Hall–Kier alpha value is -2.70. The standard InChI is InChI=1S/C23H26FNO4/c24-20-10-8-18(9-11-20)19-14-21(29-22(15-19)28-13-5-4-12-26)23(27)25-16-17-6-2-1-3-7-17/h1-3,6-11,14,19,22,26H,4-5,12-13,15-16H2,(H,25,27)/t19-,22+/m0/s1. The van der Waals surface area contributed by atoms with Gasteiger partial charge in [-0.1, -0.05) is 42.5 Å². The summed E-state index contributed by atoms with van der Waals surface area (Å²) in [5.74, 6) is -0.537. The highest BCUT2D eigenvalue weighted by Crippen LogP contribution is 2.31. The molecule has 2 N–H and O–H groups in total. The number of nitrogens with one attached hydrogen (secondary N) is 1. The molecule has 29 heavy (non-hydrogen) atoms. The first kappa shape index (κ1) is 21.0. The molecule has 0 saturated carbocycles. The van der Waals surface area contributed by atoms with Gasteiger partial charge in [-0.25, -0.2) is 4.39 Å². The van der Waals surface area contributed by atoms with Crippen LogP contribution in [-0.2, 0) is 20.8 Å². The fourth-order valence-corrected chi connectivity index (χ4v) is 3.15. The molecule has 1 aliphatic heterocycles. The average molecular weight is 399 g/mol. The third-order valence-electron chi connectivity index (χ3n) is 4.73. The molecular formula is C23H26FNO4. The molecule has 0 unspecified atom stereocenters. The van der Waals surface area contributed by atoms with E-state index in [1.54, 1.807) is 18.2 Å². The maximum absolute atomic E-state index is 13.3. The first-order valence-corrected chi connectivity index (χ1v) is 9.84. The Bertz CT molecular complexity index is 807. The van der Waals surface area contributed by atoms with E-state index in [0.29, 0.717) is 32.4 Å². The maximum Gasteiger partial charge on any atom is 0.286 e. The van der Waals surface area contributed by atoms with Crippen LogP contribution in [0.2, 0.25) is 0 Å². The minimum Gasteiger partial charge on any atom is -0.459 e. The van der Waals surface area contributed by atoms with E-state index >= 15 is 0 Å². The van der Waals surface area contributed by atoms with Crippen LogP contribution in [0.15, 0.2) is 66.4 Å². The number of benzene rings is 2. The second kappa shape index (κ2) is 10.7. The predicted octanol–water partition coefficient (Wildman–Crippen LogP) is 3.65. The van der Waals surface area contributed by atoms with Crippen molar-refractivity contribution in [2.45, 2.75) is 38.0 Å². The highest BCUT2D eigenvalue weighted by molar-refractivity contribution is 5.91. The number of amides is 1. The summed E-state index contributed by atoms with van der Waals surface area (Å²) >= 11 is 0. The molecule has 0 spiro atoms. The number of rotatable bonds is 9. The molecular weight excluding hydrogens is 373 g/mol. The number of allylic oxidation sites excluding steroid dienone is 1. The first-order chi connectivity index (χ1) is 14.2. The Kier molecular flexibility index (Phi) is 7.78. The molecule has 0 fully saturated rings. The molecule has 0 aromatic heterocycles. The number of aliphatic hydroxyl groups is 1. The summed E-state index contributed by atoms with van der Waals surface area (Å²) in [6, 6.07) is 15.9. The summed E-state index contributed by atoms with van der Waals surface area (Å²) in [6.07, 6.45) is 3.07. The number of ether oxygens (including phenoxy) is 2. The van der Waals surface area contributed by atoms with Gasteiger partial charge >= 0.3 is 0 Å². The molecule has 1 aliphatic rings. The highest BCUT2D eigenvalue weighted by Gasteiger charge is 2.28. The van der Waals surface area contributed by atoms with Gasteiger partial charge in [0.05, 0.1) is 6.61 Å². The minimum atomic E-state index is -0.578. The second-order valence-electron chi connectivity index (χ2n) is 6.94. The first-order valence-electron chi connectivity index (χ1n) is 9.84. The van der Waals surface area contributed by atoms with Crippen LogP contribution >= 0.6 is 0 Å². The third kappa shape index (κ3) is 6.41. The van der Waals surface area contributed by atoms with Gasteiger partial charge in [0.1, 0.15) is 5.82 Å². The van der Waals surface area contributed by atoms with Gasteiger partial charge in [0.25, 0.3) is 5.91 Å². The van der Waals surface area contributed by atoms with E-state index in [1.165, 1.54) is 12.1 Å². The lowest BCUT2D eigenvalue weighted by atomic mass is 9.93. The summed E-state index contributed by atoms with van der Waals surface area (Å²) in [4.78, 5) is 12.7. The van der Waals surface area contributed by atoms with Crippen LogP contribution in [0.25, 0.3) is 0 Å². The molecule has 3 rings (SSSR count). The van der Waals surface area contributed by atoms with Gasteiger partial charge in [-0.15, -0.1) is 0 Å². The van der Waals surface area contributed by atoms with Crippen molar-refractivity contribution in [2.75, 3.05) is 13.2 Å². The molecule has 6 heteroatoms. The van der Waals surface area contributed by atoms with Crippen molar-refractivity contribution in [3.8, 4) is 0 Å². The van der Waals surface area contributed by atoms with Crippen molar-refractivity contribution in [2.24, 2.45) is 0 Å². The second-order valence-corrected chi connectivity index (χ2v) is 6.94. The lowest BCUT2D eigenvalue weighted by molar-refractivity contribution is -0.146. The lowest BCUT2D eigenvalue weighted by Crippen LogP contribution is -2.32. The average Bonchev–Trinajstić information content (AvgIpc) is 2.76. The molecule has 0 aliphatic carbocycles. The molecule has 154 valence electrons. The van der Waals surface area contributed by atoms with E-state index in [4.69, 9.17) is 14.6 Å². The van der Waals surface area contributed by atoms with Gasteiger partial charge in [0, 0.05) is 25.5 Å². The van der Waals surface area contributed by atoms with E-state index in [1.807, 2.05) is 30.3 Å². The molecule has 0 bridgehead atoms. The van der Waals surface area contributed by atoms with Crippen molar-refractivity contribution >= 4 is 5.91 Å². The summed E-state index contributed by atoms with van der Waals surface area (Å²) in [7, 11) is 0. The van der Waals surface area contributed by atoms with E-state index in [9.17, 15) is 9.18 Å². The van der Waals surface area contributed by atoms with Gasteiger partial charge in [0.15, 0.2) is 5.76 Å². The van der Waals surface area contributed by atoms with E-state index in [0.717, 1.165) is 11.1 Å².